The lowest BCUT2D eigenvalue weighted by molar-refractivity contribution is 0.628. The Hall–Kier alpha value is -4.14. The van der Waals surface area contributed by atoms with Crippen LogP contribution in [0, 0.1) is 5.82 Å². The van der Waals surface area contributed by atoms with Crippen LogP contribution < -0.4 is 10.9 Å². The first kappa shape index (κ1) is 20.1. The fraction of sp³-hybridized carbons (Fsp3) is 0.136. The minimum atomic E-state index is -0.573. The molecule has 0 amide bonds. The standard InChI is InChI=1S/C22H20FN7O/c1-13(28-20(25-3)18-19(24-2)27-12-26-18)21-29-17-10-9-14(23)11-16(17)22(31)30(21)15-7-5-4-6-8-15/h4-13,24H,3H2,1-2H3,(H,26,27). The summed E-state index contributed by atoms with van der Waals surface area (Å²) >= 11 is 0. The van der Waals surface area contributed by atoms with Crippen molar-refractivity contribution >= 4 is 29.3 Å². The van der Waals surface area contributed by atoms with E-state index in [2.05, 4.69) is 37.0 Å². The van der Waals surface area contributed by atoms with Crippen molar-refractivity contribution in [3.05, 3.63) is 82.5 Å². The zero-order chi connectivity index (χ0) is 22.0. The average molecular weight is 417 g/mol. The molecule has 2 aromatic heterocycles. The summed E-state index contributed by atoms with van der Waals surface area (Å²) in [7, 11) is 1.74. The van der Waals surface area contributed by atoms with Crippen molar-refractivity contribution in [2.75, 3.05) is 12.4 Å². The lowest BCUT2D eigenvalue weighted by Gasteiger charge is -2.17. The number of H-pyrrole nitrogens is 1. The Balaban J connectivity index is 1.94. The molecule has 0 aliphatic carbocycles. The summed E-state index contributed by atoms with van der Waals surface area (Å²) in [5.74, 6) is 0.784. The van der Waals surface area contributed by atoms with Gasteiger partial charge < -0.3 is 10.3 Å². The predicted octanol–water partition coefficient (Wildman–Crippen LogP) is 3.50. The van der Waals surface area contributed by atoms with Gasteiger partial charge in [-0.3, -0.25) is 14.4 Å². The van der Waals surface area contributed by atoms with Gasteiger partial charge in [0.15, 0.2) is 11.7 Å². The third kappa shape index (κ3) is 3.73. The largest absolute Gasteiger partial charge is 0.371 e. The molecule has 9 heteroatoms. The number of amidine groups is 1. The number of nitrogens with one attached hydrogen (secondary N) is 2. The Morgan fingerprint density at radius 1 is 1.26 bits per heavy atom. The maximum atomic E-state index is 13.8. The maximum Gasteiger partial charge on any atom is 0.266 e. The second-order valence-corrected chi connectivity index (χ2v) is 6.77. The summed E-state index contributed by atoms with van der Waals surface area (Å²) in [4.78, 5) is 33.8. The minimum Gasteiger partial charge on any atom is -0.371 e. The van der Waals surface area contributed by atoms with Crippen LogP contribution in [0.15, 0.2) is 69.6 Å². The summed E-state index contributed by atoms with van der Waals surface area (Å²) < 4.78 is 15.3. The van der Waals surface area contributed by atoms with Crippen molar-refractivity contribution in [2.24, 2.45) is 9.98 Å². The highest BCUT2D eigenvalue weighted by molar-refractivity contribution is 6.03. The van der Waals surface area contributed by atoms with Gasteiger partial charge >= 0.3 is 0 Å². The van der Waals surface area contributed by atoms with Crippen molar-refractivity contribution in [3.63, 3.8) is 0 Å². The number of fused-ring (bicyclic) bond motifs is 1. The quantitative estimate of drug-likeness (QED) is 0.383. The highest BCUT2D eigenvalue weighted by Crippen LogP contribution is 2.22. The number of benzene rings is 2. The molecule has 1 unspecified atom stereocenters. The lowest BCUT2D eigenvalue weighted by atomic mass is 10.2. The number of aromatic amines is 1. The third-order valence-corrected chi connectivity index (χ3v) is 4.81. The van der Waals surface area contributed by atoms with Crippen LogP contribution in [0.1, 0.15) is 24.5 Å². The number of aromatic nitrogens is 4. The molecule has 0 spiro atoms. The Labute approximate surface area is 177 Å². The Morgan fingerprint density at radius 2 is 2.03 bits per heavy atom. The van der Waals surface area contributed by atoms with Crippen LogP contribution in [0.2, 0.25) is 0 Å². The summed E-state index contributed by atoms with van der Waals surface area (Å²) in [5.41, 5.74) is 1.19. The normalized spacial score (nSPS) is 12.7. The zero-order valence-electron chi connectivity index (χ0n) is 17.0. The van der Waals surface area contributed by atoms with Gasteiger partial charge in [0.05, 0.1) is 22.9 Å². The SMILES string of the molecule is C=NC(=NC(C)c1nc2ccc(F)cc2c(=O)n1-c1ccccc1)c1[nH]cnc1NC. The molecule has 8 nitrogen and oxygen atoms in total. The molecule has 4 aromatic rings. The molecule has 156 valence electrons. The van der Waals surface area contributed by atoms with E-state index in [0.717, 1.165) is 0 Å². The monoisotopic (exact) mass is 417 g/mol. The molecule has 0 radical (unpaired) electrons. The van der Waals surface area contributed by atoms with E-state index >= 15 is 0 Å². The van der Waals surface area contributed by atoms with Crippen LogP contribution in [0.3, 0.4) is 0 Å². The van der Waals surface area contributed by atoms with Gasteiger partial charge in [-0.2, -0.15) is 0 Å². The van der Waals surface area contributed by atoms with Gasteiger partial charge in [-0.1, -0.05) is 18.2 Å². The van der Waals surface area contributed by atoms with Crippen molar-refractivity contribution in [1.29, 1.82) is 0 Å². The molecule has 31 heavy (non-hydrogen) atoms. The molecule has 0 aliphatic rings. The van der Waals surface area contributed by atoms with E-state index in [-0.39, 0.29) is 10.9 Å². The zero-order valence-corrected chi connectivity index (χ0v) is 17.0. The Bertz CT molecular complexity index is 1340. The van der Waals surface area contributed by atoms with Gasteiger partial charge in [-0.15, -0.1) is 0 Å². The summed E-state index contributed by atoms with van der Waals surface area (Å²) in [6.45, 7) is 5.41. The molecular formula is C22H20FN7O. The number of nitrogens with zero attached hydrogens (tertiary/aromatic N) is 5. The summed E-state index contributed by atoms with van der Waals surface area (Å²) in [5, 5.41) is 3.15. The van der Waals surface area contributed by atoms with Gasteiger partial charge in [0.1, 0.15) is 23.4 Å². The molecule has 2 N–H and O–H groups in total. The van der Waals surface area contributed by atoms with Crippen LogP contribution in [-0.4, -0.2) is 39.1 Å². The topological polar surface area (TPSA) is 100 Å². The van der Waals surface area contributed by atoms with E-state index in [1.165, 1.54) is 29.1 Å². The maximum absolute atomic E-state index is 13.8. The molecule has 4 rings (SSSR count). The van der Waals surface area contributed by atoms with Crippen molar-refractivity contribution < 1.29 is 4.39 Å². The highest BCUT2D eigenvalue weighted by Gasteiger charge is 2.20. The smallest absolute Gasteiger partial charge is 0.266 e. The highest BCUT2D eigenvalue weighted by atomic mass is 19.1. The van der Waals surface area contributed by atoms with Gasteiger partial charge in [-0.05, 0) is 44.0 Å². The molecule has 0 aliphatic heterocycles. The first-order chi connectivity index (χ1) is 15.0. The van der Waals surface area contributed by atoms with E-state index in [1.807, 2.05) is 18.2 Å². The summed E-state index contributed by atoms with van der Waals surface area (Å²) in [6.07, 6.45) is 1.52. The number of imidazole rings is 1. The van der Waals surface area contributed by atoms with Crippen LogP contribution in [0.5, 0.6) is 0 Å². The van der Waals surface area contributed by atoms with E-state index in [9.17, 15) is 9.18 Å². The number of anilines is 1. The van der Waals surface area contributed by atoms with Crippen LogP contribution >= 0.6 is 0 Å². The third-order valence-electron chi connectivity index (χ3n) is 4.81. The van der Waals surface area contributed by atoms with Gasteiger partial charge in [0.2, 0.25) is 0 Å². The molecule has 0 saturated heterocycles. The average Bonchev–Trinajstić information content (AvgIpc) is 3.27. The Morgan fingerprint density at radius 3 is 2.74 bits per heavy atom. The second-order valence-electron chi connectivity index (χ2n) is 6.77. The van der Waals surface area contributed by atoms with E-state index in [4.69, 9.17) is 0 Å². The number of halogens is 1. The number of rotatable bonds is 5. The van der Waals surface area contributed by atoms with E-state index in [1.54, 1.807) is 26.1 Å². The van der Waals surface area contributed by atoms with Crippen LogP contribution in [0.4, 0.5) is 10.2 Å². The molecule has 0 bridgehead atoms. The van der Waals surface area contributed by atoms with Crippen LogP contribution in [-0.2, 0) is 0 Å². The van der Waals surface area contributed by atoms with E-state index in [0.29, 0.717) is 34.4 Å². The minimum absolute atomic E-state index is 0.192. The number of para-hydroxylation sites is 1. The lowest BCUT2D eigenvalue weighted by Crippen LogP contribution is -2.25. The van der Waals surface area contributed by atoms with E-state index < -0.39 is 11.9 Å². The molecular weight excluding hydrogens is 397 g/mol. The van der Waals surface area contributed by atoms with Gasteiger partial charge in [0, 0.05) is 7.05 Å². The van der Waals surface area contributed by atoms with Crippen molar-refractivity contribution in [1.82, 2.24) is 19.5 Å². The molecule has 0 fully saturated rings. The van der Waals surface area contributed by atoms with Crippen LogP contribution in [0.25, 0.3) is 16.6 Å². The number of hydrogen-bond acceptors (Lipinski definition) is 5. The fourth-order valence-electron chi connectivity index (χ4n) is 3.36. The molecule has 0 saturated carbocycles. The molecule has 1 atom stereocenters. The molecule has 2 aromatic carbocycles. The predicted molar refractivity (Wildman–Crippen MR) is 120 cm³/mol. The first-order valence-corrected chi connectivity index (χ1v) is 9.57. The molecule has 2 heterocycles. The first-order valence-electron chi connectivity index (χ1n) is 9.57. The Kier molecular flexibility index (Phi) is 5.40. The summed E-state index contributed by atoms with van der Waals surface area (Å²) in [6, 6.07) is 12.4. The fourth-order valence-corrected chi connectivity index (χ4v) is 3.36. The van der Waals surface area contributed by atoms with Gasteiger partial charge in [-0.25, -0.2) is 19.4 Å². The number of aliphatic imine (C=N–C) groups is 2. The number of hydrogen-bond donors (Lipinski definition) is 2. The van der Waals surface area contributed by atoms with Crippen molar-refractivity contribution in [3.8, 4) is 5.69 Å². The second kappa shape index (κ2) is 8.31. The van der Waals surface area contributed by atoms with Gasteiger partial charge in [0.25, 0.3) is 5.56 Å². The van der Waals surface area contributed by atoms with Crippen molar-refractivity contribution in [2.45, 2.75) is 13.0 Å².